The van der Waals surface area contributed by atoms with E-state index < -0.39 is 0 Å². The van der Waals surface area contributed by atoms with E-state index in [-0.39, 0.29) is 12.1 Å². The van der Waals surface area contributed by atoms with Gasteiger partial charge < -0.3 is 15.4 Å². The number of likely N-dealkylation sites (tertiary alicyclic amines) is 1. The highest BCUT2D eigenvalue weighted by Gasteiger charge is 2.23. The fraction of sp³-hybridized carbons (Fsp3) is 0.217. The minimum atomic E-state index is -0.214. The molecule has 1 aliphatic rings. The van der Waals surface area contributed by atoms with Crippen molar-refractivity contribution in [2.45, 2.75) is 19.0 Å². The molecule has 6 heteroatoms. The first-order valence-corrected chi connectivity index (χ1v) is 9.77. The van der Waals surface area contributed by atoms with Crippen LogP contribution in [0.2, 0.25) is 0 Å². The second-order valence-electron chi connectivity index (χ2n) is 7.10. The lowest BCUT2D eigenvalue weighted by molar-refractivity contribution is 0.247. The maximum Gasteiger partial charge on any atom is 0.319 e. The van der Waals surface area contributed by atoms with Gasteiger partial charge in [0.15, 0.2) is 0 Å². The number of pyridine rings is 1. The third-order valence-corrected chi connectivity index (χ3v) is 4.81. The molecule has 0 bridgehead atoms. The highest BCUT2D eigenvalue weighted by molar-refractivity contribution is 5.89. The predicted octanol–water partition coefficient (Wildman–Crippen LogP) is 4.27. The Morgan fingerprint density at radius 1 is 1.07 bits per heavy atom. The van der Waals surface area contributed by atoms with Crippen LogP contribution in [-0.4, -0.2) is 35.0 Å². The van der Waals surface area contributed by atoms with Crippen LogP contribution in [0.15, 0.2) is 79.0 Å². The van der Waals surface area contributed by atoms with Crippen LogP contribution in [0, 0.1) is 0 Å². The molecule has 1 aliphatic heterocycles. The van der Waals surface area contributed by atoms with Crippen LogP contribution >= 0.6 is 0 Å². The van der Waals surface area contributed by atoms with Crippen LogP contribution in [0.3, 0.4) is 0 Å². The zero-order chi connectivity index (χ0) is 19.9. The number of benzene rings is 2. The van der Waals surface area contributed by atoms with Gasteiger partial charge in [0.05, 0.1) is 0 Å². The van der Waals surface area contributed by atoms with E-state index in [0.717, 1.165) is 26.1 Å². The van der Waals surface area contributed by atoms with Gasteiger partial charge in [0.1, 0.15) is 5.75 Å². The Bertz CT molecular complexity index is 934. The summed E-state index contributed by atoms with van der Waals surface area (Å²) >= 11 is 0. The molecule has 1 aromatic heterocycles. The number of ether oxygens (including phenoxy) is 1. The minimum absolute atomic E-state index is 0.139. The maximum absolute atomic E-state index is 12.4. The Labute approximate surface area is 170 Å². The van der Waals surface area contributed by atoms with Gasteiger partial charge in [-0.1, -0.05) is 48.5 Å². The zero-order valence-corrected chi connectivity index (χ0v) is 16.1. The van der Waals surface area contributed by atoms with Crippen molar-refractivity contribution in [2.75, 3.05) is 18.4 Å². The maximum atomic E-state index is 12.4. The number of para-hydroxylation sites is 1. The number of carbonyl (C=O) groups excluding carboxylic acids is 1. The van der Waals surface area contributed by atoms with Crippen LogP contribution in [-0.2, 0) is 6.54 Å². The molecule has 0 aliphatic carbocycles. The molecule has 3 aromatic rings. The Hall–Kier alpha value is -3.38. The summed E-state index contributed by atoms with van der Waals surface area (Å²) in [6, 6.07) is 23.2. The van der Waals surface area contributed by atoms with Gasteiger partial charge in [-0.3, -0.25) is 4.90 Å². The van der Waals surface area contributed by atoms with E-state index in [1.807, 2.05) is 36.4 Å². The van der Waals surface area contributed by atoms with Gasteiger partial charge in [0.2, 0.25) is 5.88 Å². The minimum Gasteiger partial charge on any atom is -0.439 e. The number of hydrogen-bond donors (Lipinski definition) is 2. The summed E-state index contributed by atoms with van der Waals surface area (Å²) in [7, 11) is 0. The third-order valence-electron chi connectivity index (χ3n) is 4.81. The molecule has 2 amide bonds. The van der Waals surface area contributed by atoms with Gasteiger partial charge >= 0.3 is 6.03 Å². The second-order valence-corrected chi connectivity index (χ2v) is 7.10. The van der Waals surface area contributed by atoms with Gasteiger partial charge in [-0.25, -0.2) is 9.78 Å². The molecular weight excluding hydrogens is 364 g/mol. The van der Waals surface area contributed by atoms with Crippen molar-refractivity contribution in [1.29, 1.82) is 0 Å². The number of amides is 2. The van der Waals surface area contributed by atoms with E-state index >= 15 is 0 Å². The summed E-state index contributed by atoms with van der Waals surface area (Å²) in [6.07, 6.45) is 2.56. The standard InChI is InChI=1S/C23H24N4O2/c28-23(26-20-12-14-27(17-20)16-18-7-3-1-4-8-18)25-19-11-13-24-22(15-19)29-21-9-5-2-6-10-21/h1-11,13,15,20H,12,14,16-17H2,(H2,24,25,26,28). The first-order chi connectivity index (χ1) is 14.2. The number of rotatable bonds is 6. The summed E-state index contributed by atoms with van der Waals surface area (Å²) in [5.41, 5.74) is 1.93. The molecule has 0 radical (unpaired) electrons. The Morgan fingerprint density at radius 3 is 2.62 bits per heavy atom. The number of aromatic nitrogens is 1. The molecule has 1 saturated heterocycles. The lowest BCUT2D eigenvalue weighted by Gasteiger charge is -2.17. The highest BCUT2D eigenvalue weighted by Crippen LogP contribution is 2.21. The molecule has 0 spiro atoms. The molecule has 6 nitrogen and oxygen atoms in total. The molecule has 2 aromatic carbocycles. The van der Waals surface area contributed by atoms with E-state index in [1.165, 1.54) is 5.56 Å². The monoisotopic (exact) mass is 388 g/mol. The van der Waals surface area contributed by atoms with Crippen molar-refractivity contribution in [1.82, 2.24) is 15.2 Å². The molecule has 0 saturated carbocycles. The topological polar surface area (TPSA) is 66.5 Å². The summed E-state index contributed by atoms with van der Waals surface area (Å²) in [5.74, 6) is 1.13. The van der Waals surface area contributed by atoms with Crippen LogP contribution < -0.4 is 15.4 Å². The SMILES string of the molecule is O=C(Nc1ccnc(Oc2ccccc2)c1)NC1CCN(Cc2ccccc2)C1. The van der Waals surface area contributed by atoms with Gasteiger partial charge in [-0.15, -0.1) is 0 Å². The van der Waals surface area contributed by atoms with Crippen molar-refractivity contribution in [3.05, 3.63) is 84.6 Å². The normalized spacial score (nSPS) is 16.3. The second kappa shape index (κ2) is 9.21. The lowest BCUT2D eigenvalue weighted by atomic mass is 10.2. The largest absolute Gasteiger partial charge is 0.439 e. The van der Waals surface area contributed by atoms with Crippen molar-refractivity contribution < 1.29 is 9.53 Å². The molecule has 2 N–H and O–H groups in total. The summed E-state index contributed by atoms with van der Waals surface area (Å²) < 4.78 is 5.72. The van der Waals surface area contributed by atoms with E-state index in [1.54, 1.807) is 18.3 Å². The van der Waals surface area contributed by atoms with Crippen LogP contribution in [0.25, 0.3) is 0 Å². The quantitative estimate of drug-likeness (QED) is 0.662. The van der Waals surface area contributed by atoms with E-state index in [9.17, 15) is 4.79 Å². The molecule has 1 atom stereocenters. The Balaban J connectivity index is 1.27. The van der Waals surface area contributed by atoms with Gasteiger partial charge in [-0.2, -0.15) is 0 Å². The smallest absolute Gasteiger partial charge is 0.319 e. The van der Waals surface area contributed by atoms with Crippen molar-refractivity contribution >= 4 is 11.7 Å². The van der Waals surface area contributed by atoms with Crippen molar-refractivity contribution in [3.63, 3.8) is 0 Å². The van der Waals surface area contributed by atoms with Crippen LogP contribution in [0.1, 0.15) is 12.0 Å². The number of anilines is 1. The average molecular weight is 388 g/mol. The van der Waals surface area contributed by atoms with E-state index in [2.05, 4.69) is 44.8 Å². The fourth-order valence-corrected chi connectivity index (χ4v) is 3.44. The van der Waals surface area contributed by atoms with Gasteiger partial charge in [-0.05, 0) is 30.2 Å². The van der Waals surface area contributed by atoms with Crippen molar-refractivity contribution in [2.24, 2.45) is 0 Å². The summed E-state index contributed by atoms with van der Waals surface area (Å²) in [6.45, 7) is 2.73. The number of nitrogens with one attached hydrogen (secondary N) is 2. The molecule has 29 heavy (non-hydrogen) atoms. The van der Waals surface area contributed by atoms with Crippen molar-refractivity contribution in [3.8, 4) is 11.6 Å². The van der Waals surface area contributed by atoms with Gasteiger partial charge in [0.25, 0.3) is 0 Å². The summed E-state index contributed by atoms with van der Waals surface area (Å²) in [5, 5.41) is 5.93. The average Bonchev–Trinajstić information content (AvgIpc) is 3.16. The zero-order valence-electron chi connectivity index (χ0n) is 16.1. The fourth-order valence-electron chi connectivity index (χ4n) is 3.44. The van der Waals surface area contributed by atoms with E-state index in [4.69, 9.17) is 4.74 Å². The predicted molar refractivity (Wildman–Crippen MR) is 113 cm³/mol. The number of hydrogen-bond acceptors (Lipinski definition) is 4. The first kappa shape index (κ1) is 19.0. The van der Waals surface area contributed by atoms with Gasteiger partial charge in [0, 0.05) is 43.6 Å². The number of carbonyl (C=O) groups is 1. The Kier molecular flexibility index (Phi) is 6.02. The molecule has 148 valence electrons. The highest BCUT2D eigenvalue weighted by atomic mass is 16.5. The van der Waals surface area contributed by atoms with E-state index in [0.29, 0.717) is 17.3 Å². The lowest BCUT2D eigenvalue weighted by Crippen LogP contribution is -2.39. The van der Waals surface area contributed by atoms with Crippen LogP contribution in [0.5, 0.6) is 11.6 Å². The number of urea groups is 1. The molecule has 2 heterocycles. The molecular formula is C23H24N4O2. The number of nitrogens with zero attached hydrogens (tertiary/aromatic N) is 2. The summed E-state index contributed by atoms with van der Waals surface area (Å²) in [4.78, 5) is 19.0. The van der Waals surface area contributed by atoms with Crippen LogP contribution in [0.4, 0.5) is 10.5 Å². The Morgan fingerprint density at radius 2 is 1.83 bits per heavy atom. The molecule has 1 unspecified atom stereocenters. The first-order valence-electron chi connectivity index (χ1n) is 9.77. The molecule has 1 fully saturated rings. The molecule has 4 rings (SSSR count). The third kappa shape index (κ3) is 5.56.